The second-order valence-corrected chi connectivity index (χ2v) is 9.81. The molecule has 0 spiro atoms. The molecule has 2 rings (SSSR count). The molecule has 1 heterocycles. The molecular formula is C18H30N4O3S. The van der Waals surface area contributed by atoms with E-state index in [1.807, 2.05) is 39.8 Å². The number of piperidine rings is 1. The monoisotopic (exact) mass is 382 g/mol. The Morgan fingerprint density at radius 2 is 1.73 bits per heavy atom. The zero-order valence-corrected chi connectivity index (χ0v) is 17.1. The number of sulfonamides is 1. The molecule has 1 aromatic carbocycles. The predicted molar refractivity (Wildman–Crippen MR) is 105 cm³/mol. The van der Waals surface area contributed by atoms with E-state index >= 15 is 0 Å². The van der Waals surface area contributed by atoms with E-state index in [-0.39, 0.29) is 16.5 Å². The molecule has 0 aliphatic carbocycles. The van der Waals surface area contributed by atoms with Crippen LogP contribution in [0.5, 0.6) is 0 Å². The van der Waals surface area contributed by atoms with Crippen LogP contribution in [-0.2, 0) is 10.0 Å². The average Bonchev–Trinajstić information content (AvgIpc) is 2.53. The first-order valence-corrected chi connectivity index (χ1v) is 10.4. The van der Waals surface area contributed by atoms with Gasteiger partial charge in [-0.2, -0.15) is 4.31 Å². The van der Waals surface area contributed by atoms with Gasteiger partial charge < -0.3 is 15.5 Å². The fourth-order valence-electron chi connectivity index (χ4n) is 2.91. The van der Waals surface area contributed by atoms with Crippen molar-refractivity contribution in [3.63, 3.8) is 0 Å². The topological polar surface area (TPSA) is 81.8 Å². The third-order valence-corrected chi connectivity index (χ3v) is 6.03. The van der Waals surface area contributed by atoms with E-state index in [0.29, 0.717) is 18.8 Å². The first-order valence-electron chi connectivity index (χ1n) is 8.91. The Morgan fingerprint density at radius 1 is 1.12 bits per heavy atom. The molecule has 1 fully saturated rings. The van der Waals surface area contributed by atoms with Crippen LogP contribution in [0.2, 0.25) is 0 Å². The van der Waals surface area contributed by atoms with Crippen molar-refractivity contribution in [3.05, 3.63) is 18.2 Å². The van der Waals surface area contributed by atoms with Crippen molar-refractivity contribution in [2.24, 2.45) is 0 Å². The van der Waals surface area contributed by atoms with E-state index in [1.165, 1.54) is 4.31 Å². The number of urea groups is 1. The maximum absolute atomic E-state index is 12.9. The number of rotatable bonds is 4. The van der Waals surface area contributed by atoms with Gasteiger partial charge >= 0.3 is 6.03 Å². The largest absolute Gasteiger partial charge is 0.376 e. The summed E-state index contributed by atoms with van der Waals surface area (Å²) in [7, 11) is 0.142. The smallest absolute Gasteiger partial charge is 0.319 e. The lowest BCUT2D eigenvalue weighted by molar-refractivity contribution is 0.244. The van der Waals surface area contributed by atoms with E-state index in [4.69, 9.17) is 0 Å². The van der Waals surface area contributed by atoms with Gasteiger partial charge in [0.15, 0.2) is 0 Å². The minimum atomic E-state index is -3.55. The minimum absolute atomic E-state index is 0.205. The summed E-state index contributed by atoms with van der Waals surface area (Å²) in [5.74, 6) is 0. The number of nitrogens with one attached hydrogen (secondary N) is 2. The molecular weight excluding hydrogens is 352 g/mol. The number of carbonyl (C=O) groups is 1. The van der Waals surface area contributed by atoms with Crippen LogP contribution in [0.3, 0.4) is 0 Å². The molecule has 0 bridgehead atoms. The highest BCUT2D eigenvalue weighted by atomic mass is 32.2. The Bertz CT molecular complexity index is 748. The van der Waals surface area contributed by atoms with Gasteiger partial charge in [-0.25, -0.2) is 13.2 Å². The molecule has 146 valence electrons. The second kappa shape index (κ2) is 7.84. The Balaban J connectivity index is 2.34. The summed E-state index contributed by atoms with van der Waals surface area (Å²) < 4.78 is 27.4. The zero-order valence-electron chi connectivity index (χ0n) is 16.3. The molecule has 0 aromatic heterocycles. The fourth-order valence-corrected chi connectivity index (χ4v) is 4.46. The molecule has 1 aliphatic rings. The highest BCUT2D eigenvalue weighted by Gasteiger charge is 2.27. The summed E-state index contributed by atoms with van der Waals surface area (Å²) in [4.78, 5) is 14.3. The van der Waals surface area contributed by atoms with Crippen molar-refractivity contribution in [1.29, 1.82) is 0 Å². The van der Waals surface area contributed by atoms with Gasteiger partial charge in [0.05, 0.1) is 16.3 Å². The first-order chi connectivity index (χ1) is 12.0. The van der Waals surface area contributed by atoms with Gasteiger partial charge in [-0.15, -0.1) is 0 Å². The molecule has 0 atom stereocenters. The van der Waals surface area contributed by atoms with E-state index in [2.05, 4.69) is 10.6 Å². The first kappa shape index (κ1) is 20.5. The molecule has 1 saturated heterocycles. The Hall–Kier alpha value is -1.80. The van der Waals surface area contributed by atoms with Crippen molar-refractivity contribution in [2.45, 2.75) is 50.5 Å². The quantitative estimate of drug-likeness (QED) is 0.839. The lowest BCUT2D eigenvalue weighted by Crippen LogP contribution is -2.43. The highest BCUT2D eigenvalue weighted by Crippen LogP contribution is 2.30. The van der Waals surface area contributed by atoms with Crippen LogP contribution in [0.1, 0.15) is 40.0 Å². The van der Waals surface area contributed by atoms with E-state index in [0.717, 1.165) is 24.9 Å². The number of nitrogens with zero attached hydrogens (tertiary/aromatic N) is 2. The molecule has 0 radical (unpaired) electrons. The minimum Gasteiger partial charge on any atom is -0.376 e. The third-order valence-electron chi connectivity index (χ3n) is 4.14. The second-order valence-electron chi connectivity index (χ2n) is 7.87. The molecule has 26 heavy (non-hydrogen) atoms. The number of amides is 2. The predicted octanol–water partition coefficient (Wildman–Crippen LogP) is 2.85. The van der Waals surface area contributed by atoms with Crippen molar-refractivity contribution in [1.82, 2.24) is 9.62 Å². The third kappa shape index (κ3) is 5.11. The van der Waals surface area contributed by atoms with Crippen molar-refractivity contribution in [3.8, 4) is 0 Å². The van der Waals surface area contributed by atoms with Crippen molar-refractivity contribution >= 4 is 27.4 Å². The van der Waals surface area contributed by atoms with Crippen LogP contribution in [-0.4, -0.2) is 51.5 Å². The molecule has 8 heteroatoms. The van der Waals surface area contributed by atoms with Crippen LogP contribution >= 0.6 is 0 Å². The van der Waals surface area contributed by atoms with Gasteiger partial charge in [0, 0.05) is 32.7 Å². The summed E-state index contributed by atoms with van der Waals surface area (Å²) in [5, 5.41) is 5.62. The van der Waals surface area contributed by atoms with Gasteiger partial charge in [-0.1, -0.05) is 6.42 Å². The maximum atomic E-state index is 12.9. The van der Waals surface area contributed by atoms with Crippen LogP contribution in [0.25, 0.3) is 0 Å². The fraction of sp³-hybridized carbons (Fsp3) is 0.611. The number of benzene rings is 1. The number of anilines is 2. The molecule has 0 unspecified atom stereocenters. The molecule has 2 amide bonds. The zero-order chi connectivity index (χ0) is 19.5. The standard InChI is InChI=1S/C18H30N4O3S/c1-18(2,3)20-17(23)19-15-13-14(9-10-16(15)21(4)5)26(24,25)22-11-7-6-8-12-22/h9-10,13H,6-8,11-12H2,1-5H3,(H2,19,20,23). The molecule has 0 saturated carbocycles. The SMILES string of the molecule is CN(C)c1ccc(S(=O)(=O)N2CCCCC2)cc1NC(=O)NC(C)(C)C. The van der Waals surface area contributed by atoms with Crippen LogP contribution < -0.4 is 15.5 Å². The van der Waals surface area contributed by atoms with Crippen LogP contribution in [0, 0.1) is 0 Å². The lowest BCUT2D eigenvalue weighted by Gasteiger charge is -2.27. The van der Waals surface area contributed by atoms with Gasteiger partial charge in [0.25, 0.3) is 0 Å². The van der Waals surface area contributed by atoms with Crippen LogP contribution in [0.4, 0.5) is 16.2 Å². The number of hydrogen-bond acceptors (Lipinski definition) is 4. The molecule has 2 N–H and O–H groups in total. The van der Waals surface area contributed by atoms with Crippen molar-refractivity contribution < 1.29 is 13.2 Å². The Morgan fingerprint density at radius 3 is 2.27 bits per heavy atom. The van der Waals surface area contributed by atoms with E-state index in [9.17, 15) is 13.2 Å². The van der Waals surface area contributed by atoms with Crippen LogP contribution in [0.15, 0.2) is 23.1 Å². The summed E-state index contributed by atoms with van der Waals surface area (Å²) in [6, 6.07) is 4.50. The summed E-state index contributed by atoms with van der Waals surface area (Å²) in [6.45, 7) is 6.75. The normalized spacial score (nSPS) is 16.2. The highest BCUT2D eigenvalue weighted by molar-refractivity contribution is 7.89. The van der Waals surface area contributed by atoms with Gasteiger partial charge in [0.1, 0.15) is 0 Å². The van der Waals surface area contributed by atoms with Gasteiger partial charge in [-0.05, 0) is 51.8 Å². The Kier molecular flexibility index (Phi) is 6.18. The molecule has 1 aromatic rings. The van der Waals surface area contributed by atoms with Crippen molar-refractivity contribution in [2.75, 3.05) is 37.4 Å². The molecule has 7 nitrogen and oxygen atoms in total. The summed E-state index contributed by atoms with van der Waals surface area (Å²) >= 11 is 0. The van der Waals surface area contributed by atoms with E-state index in [1.54, 1.807) is 18.2 Å². The number of carbonyl (C=O) groups excluding carboxylic acids is 1. The summed E-state index contributed by atoms with van der Waals surface area (Å²) in [6.07, 6.45) is 2.83. The van der Waals surface area contributed by atoms with Gasteiger partial charge in [0.2, 0.25) is 10.0 Å². The number of hydrogen-bond donors (Lipinski definition) is 2. The summed E-state index contributed by atoms with van der Waals surface area (Å²) in [5.41, 5.74) is 0.821. The lowest BCUT2D eigenvalue weighted by atomic mass is 10.1. The van der Waals surface area contributed by atoms with Gasteiger partial charge in [-0.3, -0.25) is 0 Å². The Labute approximate surface area is 156 Å². The van der Waals surface area contributed by atoms with E-state index < -0.39 is 10.0 Å². The average molecular weight is 383 g/mol. The molecule has 1 aliphatic heterocycles. The maximum Gasteiger partial charge on any atom is 0.319 e.